The average molecular weight is 64.1 g/mol. The smallest absolute Gasteiger partial charge is 1.00 e. The first-order valence-electron chi connectivity index (χ1n) is 0.789. The number of hydrogen-bond acceptors (Lipinski definition) is 0. The minimum absolute atomic E-state index is 0. The molecular formula is C2H5LiSi. The molecule has 18 valence electrons. The van der Waals surface area contributed by atoms with E-state index in [1.807, 2.05) is 0 Å². The van der Waals surface area contributed by atoms with Crippen LogP contribution in [0.2, 0.25) is 0 Å². The Hall–Kier alpha value is 0.374. The van der Waals surface area contributed by atoms with Crippen LogP contribution < -0.4 is 18.9 Å². The molecular weight excluding hydrogens is 59.0 g/mol. The van der Waals surface area contributed by atoms with Crippen LogP contribution in [0, 0.1) is 12.0 Å². The zero-order valence-electron chi connectivity index (χ0n) is 4.08. The van der Waals surface area contributed by atoms with E-state index in [9.17, 15) is 0 Å². The van der Waals surface area contributed by atoms with Gasteiger partial charge in [0.1, 0.15) is 0 Å². The second-order valence-electron chi connectivity index (χ2n) is 0.289. The van der Waals surface area contributed by atoms with E-state index in [2.05, 4.69) is 12.0 Å². The van der Waals surface area contributed by atoms with Gasteiger partial charge in [-0.25, -0.2) is 0 Å². The van der Waals surface area contributed by atoms with Gasteiger partial charge in [-0.1, -0.05) is 0 Å². The van der Waals surface area contributed by atoms with Crippen molar-refractivity contribution in [3.05, 3.63) is 0 Å². The van der Waals surface area contributed by atoms with Crippen molar-refractivity contribution in [2.75, 3.05) is 0 Å². The molecule has 0 aliphatic heterocycles. The van der Waals surface area contributed by atoms with Crippen molar-refractivity contribution in [1.82, 2.24) is 0 Å². The molecule has 0 aromatic carbocycles. The molecule has 0 unspecified atom stereocenters. The minimum atomic E-state index is 0. The fourth-order valence-electron chi connectivity index (χ4n) is 0. The van der Waals surface area contributed by atoms with Crippen LogP contribution in [0.4, 0.5) is 0 Å². The van der Waals surface area contributed by atoms with Crippen molar-refractivity contribution >= 4 is 10.2 Å². The van der Waals surface area contributed by atoms with E-state index in [4.69, 9.17) is 0 Å². The van der Waals surface area contributed by atoms with Crippen molar-refractivity contribution in [2.45, 2.75) is 0 Å². The van der Waals surface area contributed by atoms with Gasteiger partial charge in [-0.05, 0) is 0 Å². The largest absolute Gasteiger partial charge is 1.00 e. The molecule has 2 heteroatoms. The molecule has 0 rings (SSSR count). The molecule has 0 bridgehead atoms. The predicted molar refractivity (Wildman–Crippen MR) is 19.9 cm³/mol. The van der Waals surface area contributed by atoms with Crippen LogP contribution in [-0.4, -0.2) is 10.2 Å². The van der Waals surface area contributed by atoms with E-state index in [1.165, 1.54) is 0 Å². The van der Waals surface area contributed by atoms with Gasteiger partial charge in [0.25, 0.3) is 0 Å². The van der Waals surface area contributed by atoms with Gasteiger partial charge in [-0.2, -0.15) is 0 Å². The molecule has 4 heavy (non-hydrogen) atoms. The predicted octanol–water partition coefficient (Wildman–Crippen LogP) is -3.94. The Morgan fingerprint density at radius 1 is 2.00 bits per heavy atom. The summed E-state index contributed by atoms with van der Waals surface area (Å²) in [5.74, 6) is 0. The third-order valence-corrected chi connectivity index (χ3v) is 0. The Morgan fingerprint density at radius 3 is 2.00 bits per heavy atom. The van der Waals surface area contributed by atoms with E-state index in [0.29, 0.717) is 0 Å². The van der Waals surface area contributed by atoms with Gasteiger partial charge in [0.2, 0.25) is 0 Å². The van der Waals surface area contributed by atoms with Crippen LogP contribution in [0.3, 0.4) is 0 Å². The Bertz CT molecular complexity index is 31.1. The van der Waals surface area contributed by atoms with Crippen molar-refractivity contribution in [1.29, 1.82) is 0 Å². The summed E-state index contributed by atoms with van der Waals surface area (Å²) in [6.07, 6.45) is 4.66. The Morgan fingerprint density at radius 2 is 2.00 bits per heavy atom. The standard InChI is InChI=1S/C2H4Si.Li.H/c1-2-3;;/h1H,3H3;;/q;+1;-1. The van der Waals surface area contributed by atoms with E-state index in [0.717, 1.165) is 10.2 Å². The van der Waals surface area contributed by atoms with Crippen molar-refractivity contribution in [3.8, 4) is 12.0 Å². The monoisotopic (exact) mass is 64.0 g/mol. The first kappa shape index (κ1) is 8.83. The summed E-state index contributed by atoms with van der Waals surface area (Å²) in [4.78, 5) is 0. The first-order chi connectivity index (χ1) is 1.41. The van der Waals surface area contributed by atoms with E-state index >= 15 is 0 Å². The quantitative estimate of drug-likeness (QED) is 0.199. The molecule has 0 saturated carbocycles. The molecule has 0 amide bonds. The molecule has 0 saturated heterocycles. The van der Waals surface area contributed by atoms with E-state index < -0.39 is 0 Å². The third-order valence-electron chi connectivity index (χ3n) is 0. The van der Waals surface area contributed by atoms with Crippen LogP contribution >= 0.6 is 0 Å². The van der Waals surface area contributed by atoms with Gasteiger partial charge in [-0.3, -0.25) is 0 Å². The van der Waals surface area contributed by atoms with Crippen LogP contribution in [0.5, 0.6) is 0 Å². The molecule has 0 aliphatic carbocycles. The van der Waals surface area contributed by atoms with Gasteiger partial charge in [0.15, 0.2) is 0 Å². The number of rotatable bonds is 0. The summed E-state index contributed by atoms with van der Waals surface area (Å²) in [5, 5.41) is 0. The maximum atomic E-state index is 4.66. The summed E-state index contributed by atoms with van der Waals surface area (Å²) in [6.45, 7) is 0. The molecule has 0 fully saturated rings. The van der Waals surface area contributed by atoms with Gasteiger partial charge in [0, 0.05) is 0 Å². The molecule has 0 nitrogen and oxygen atoms in total. The van der Waals surface area contributed by atoms with Crippen LogP contribution in [0.1, 0.15) is 1.43 Å². The summed E-state index contributed by atoms with van der Waals surface area (Å²) in [6, 6.07) is 0. The number of terminal acetylenes is 1. The molecule has 0 aromatic heterocycles. The van der Waals surface area contributed by atoms with Gasteiger partial charge < -0.3 is 1.43 Å². The minimum Gasteiger partial charge on any atom is -1.00 e. The molecule has 0 atom stereocenters. The summed E-state index contributed by atoms with van der Waals surface area (Å²) in [5.41, 5.74) is 2.39. The SMILES string of the molecule is C#C[SiH3].[H-].[Li+]. The Labute approximate surface area is 43.1 Å². The van der Waals surface area contributed by atoms with Crippen molar-refractivity contribution in [3.63, 3.8) is 0 Å². The molecule has 0 N–H and O–H groups in total. The Kier molecular flexibility index (Phi) is 22.2. The molecule has 0 heterocycles. The van der Waals surface area contributed by atoms with Crippen LogP contribution in [-0.2, 0) is 0 Å². The second-order valence-corrected chi connectivity index (χ2v) is 0.866. The van der Waals surface area contributed by atoms with E-state index in [1.54, 1.807) is 0 Å². The maximum absolute atomic E-state index is 4.66. The van der Waals surface area contributed by atoms with Gasteiger partial charge in [-0.15, -0.1) is 12.0 Å². The summed E-state index contributed by atoms with van der Waals surface area (Å²) >= 11 is 0. The molecule has 0 radical (unpaired) electrons. The van der Waals surface area contributed by atoms with Crippen molar-refractivity contribution in [2.24, 2.45) is 0 Å². The normalized spacial score (nSPS) is 2.75. The van der Waals surface area contributed by atoms with E-state index in [-0.39, 0.29) is 20.3 Å². The summed E-state index contributed by atoms with van der Waals surface area (Å²) < 4.78 is 0. The zero-order valence-corrected chi connectivity index (χ0v) is 5.08. The number of hydrogen-bond donors (Lipinski definition) is 0. The molecule has 0 aromatic rings. The Balaban J connectivity index is -0.0000000200. The van der Waals surface area contributed by atoms with Gasteiger partial charge >= 0.3 is 18.9 Å². The average Bonchev–Trinajstić information content (AvgIpc) is 0.918. The van der Waals surface area contributed by atoms with Crippen LogP contribution in [0.25, 0.3) is 0 Å². The third kappa shape index (κ3) is 32.0. The van der Waals surface area contributed by atoms with Gasteiger partial charge in [0.05, 0.1) is 10.2 Å². The molecule has 0 aliphatic rings. The zero-order chi connectivity index (χ0) is 2.71. The van der Waals surface area contributed by atoms with Crippen molar-refractivity contribution < 1.29 is 20.3 Å². The first-order valence-corrected chi connectivity index (χ1v) is 1.79. The fraction of sp³-hybridized carbons (Fsp3) is 0. The molecule has 0 spiro atoms. The maximum Gasteiger partial charge on any atom is 1.00 e. The topological polar surface area (TPSA) is 0 Å². The summed E-state index contributed by atoms with van der Waals surface area (Å²) in [7, 11) is 0.897. The second kappa shape index (κ2) is 10.1. The fourth-order valence-corrected chi connectivity index (χ4v) is 0. The van der Waals surface area contributed by atoms with Crippen LogP contribution in [0.15, 0.2) is 0 Å².